The largest absolute Gasteiger partial charge is 0.458 e. The van der Waals surface area contributed by atoms with Gasteiger partial charge in [-0.15, -0.1) is 0 Å². The van der Waals surface area contributed by atoms with Gasteiger partial charge in [0, 0.05) is 6.42 Å². The number of benzene rings is 1. The molecule has 126 valence electrons. The molecule has 1 heterocycles. The normalized spacial score (nSPS) is 22.3. The molecular formula is C17H19F3O3. The summed E-state index contributed by atoms with van der Waals surface area (Å²) in [5, 5.41) is 0. The molecule has 0 aromatic heterocycles. The first-order valence-corrected chi connectivity index (χ1v) is 7.52. The van der Waals surface area contributed by atoms with Gasteiger partial charge in [-0.05, 0) is 30.4 Å². The van der Waals surface area contributed by atoms with Crippen molar-refractivity contribution in [3.63, 3.8) is 0 Å². The van der Waals surface area contributed by atoms with Gasteiger partial charge in [0.2, 0.25) is 0 Å². The highest BCUT2D eigenvalue weighted by Crippen LogP contribution is 2.36. The number of alkyl halides is 3. The zero-order chi connectivity index (χ0) is 17.3. The van der Waals surface area contributed by atoms with Crippen LogP contribution >= 0.6 is 0 Å². The molecule has 0 radical (unpaired) electrons. The van der Waals surface area contributed by atoms with Crippen LogP contribution in [0.2, 0.25) is 0 Å². The fraction of sp³-hybridized carbons (Fsp3) is 0.529. The van der Waals surface area contributed by atoms with Crippen LogP contribution in [0.15, 0.2) is 24.3 Å². The average Bonchev–Trinajstić information content (AvgIpc) is 2.43. The molecule has 0 aliphatic carbocycles. The molecule has 1 aromatic carbocycles. The standard InChI is InChI=1S/C17H19F3O3/c1-11(2)16(10-14(21)9-15(22)23-16)7-6-12-4-3-5-13(8-12)17(18,19)20/h3-5,8,11H,6-7,9-10H2,1-2H3. The van der Waals surface area contributed by atoms with Crippen molar-refractivity contribution >= 4 is 11.8 Å². The third-order valence-corrected chi connectivity index (χ3v) is 4.30. The van der Waals surface area contributed by atoms with Crippen LogP contribution in [0.25, 0.3) is 0 Å². The highest BCUT2D eigenvalue weighted by Gasteiger charge is 2.43. The summed E-state index contributed by atoms with van der Waals surface area (Å²) in [5.41, 5.74) is -1.13. The van der Waals surface area contributed by atoms with E-state index in [1.807, 2.05) is 13.8 Å². The van der Waals surface area contributed by atoms with Crippen molar-refractivity contribution in [3.8, 4) is 0 Å². The summed E-state index contributed by atoms with van der Waals surface area (Å²) < 4.78 is 43.7. The van der Waals surface area contributed by atoms with E-state index in [0.29, 0.717) is 18.4 Å². The van der Waals surface area contributed by atoms with Crippen LogP contribution in [0.1, 0.15) is 44.2 Å². The number of carbonyl (C=O) groups excluding carboxylic acids is 2. The number of ketones is 1. The van der Waals surface area contributed by atoms with Gasteiger partial charge in [-0.2, -0.15) is 13.2 Å². The summed E-state index contributed by atoms with van der Waals surface area (Å²) in [5.74, 6) is -0.834. The Bertz CT molecular complexity index is 589. The molecule has 0 bridgehead atoms. The van der Waals surface area contributed by atoms with Crippen molar-refractivity contribution in [3.05, 3.63) is 35.4 Å². The molecule has 1 aliphatic rings. The zero-order valence-corrected chi connectivity index (χ0v) is 13.1. The van der Waals surface area contributed by atoms with Crippen molar-refractivity contribution < 1.29 is 27.5 Å². The number of Topliss-reactive ketones (excluding diaryl/α,β-unsaturated/α-hetero) is 1. The van der Waals surface area contributed by atoms with Gasteiger partial charge in [0.05, 0.1) is 5.56 Å². The molecular weight excluding hydrogens is 309 g/mol. The summed E-state index contributed by atoms with van der Waals surface area (Å²) in [6, 6.07) is 5.08. The van der Waals surface area contributed by atoms with Gasteiger partial charge in [0.25, 0.3) is 0 Å². The second kappa shape index (κ2) is 6.34. The van der Waals surface area contributed by atoms with Crippen molar-refractivity contribution in [1.82, 2.24) is 0 Å². The molecule has 1 aliphatic heterocycles. The number of hydrogen-bond donors (Lipinski definition) is 0. The van der Waals surface area contributed by atoms with Crippen molar-refractivity contribution in [1.29, 1.82) is 0 Å². The topological polar surface area (TPSA) is 43.4 Å². The first kappa shape index (κ1) is 17.5. The van der Waals surface area contributed by atoms with Gasteiger partial charge in [-0.3, -0.25) is 9.59 Å². The fourth-order valence-electron chi connectivity index (χ4n) is 2.87. The van der Waals surface area contributed by atoms with Crippen LogP contribution in [0.4, 0.5) is 13.2 Å². The van der Waals surface area contributed by atoms with Gasteiger partial charge in [0.15, 0.2) is 0 Å². The minimum atomic E-state index is -4.39. The predicted molar refractivity (Wildman–Crippen MR) is 77.7 cm³/mol. The Morgan fingerprint density at radius 3 is 2.52 bits per heavy atom. The van der Waals surface area contributed by atoms with Crippen molar-refractivity contribution in [2.24, 2.45) is 5.92 Å². The minimum absolute atomic E-state index is 0.0958. The number of ether oxygens (including phenoxy) is 1. The molecule has 1 atom stereocenters. The van der Waals surface area contributed by atoms with E-state index in [9.17, 15) is 22.8 Å². The second-order valence-corrected chi connectivity index (χ2v) is 6.28. The third-order valence-electron chi connectivity index (χ3n) is 4.30. The maximum Gasteiger partial charge on any atom is 0.416 e. The molecule has 0 N–H and O–H groups in total. The lowest BCUT2D eigenvalue weighted by molar-refractivity contribution is -0.177. The third kappa shape index (κ3) is 4.12. The van der Waals surface area contributed by atoms with E-state index in [1.165, 1.54) is 6.07 Å². The van der Waals surface area contributed by atoms with E-state index in [0.717, 1.165) is 12.1 Å². The van der Waals surface area contributed by atoms with E-state index >= 15 is 0 Å². The Kier molecular flexibility index (Phi) is 4.82. The van der Waals surface area contributed by atoms with Crippen LogP contribution in [-0.2, 0) is 26.9 Å². The van der Waals surface area contributed by atoms with Crippen molar-refractivity contribution in [2.45, 2.75) is 51.3 Å². The monoisotopic (exact) mass is 328 g/mol. The number of rotatable bonds is 4. The van der Waals surface area contributed by atoms with Gasteiger partial charge < -0.3 is 4.74 Å². The Labute approximate surface area is 132 Å². The molecule has 1 aromatic rings. The number of cyclic esters (lactones) is 1. The van der Waals surface area contributed by atoms with Gasteiger partial charge in [0.1, 0.15) is 17.8 Å². The first-order valence-electron chi connectivity index (χ1n) is 7.52. The SMILES string of the molecule is CC(C)C1(CCc2cccc(C(F)(F)F)c2)CC(=O)CC(=O)O1. The van der Waals surface area contributed by atoms with Crippen molar-refractivity contribution in [2.75, 3.05) is 0 Å². The molecule has 1 fully saturated rings. The predicted octanol–water partition coefficient (Wildman–Crippen LogP) is 3.94. The molecule has 6 heteroatoms. The smallest absolute Gasteiger partial charge is 0.416 e. The van der Waals surface area contributed by atoms with Crippen LogP contribution < -0.4 is 0 Å². The molecule has 2 rings (SSSR count). The Balaban J connectivity index is 2.17. The molecule has 0 spiro atoms. The van der Waals surface area contributed by atoms with E-state index in [4.69, 9.17) is 4.74 Å². The first-order chi connectivity index (χ1) is 10.6. The maximum absolute atomic E-state index is 12.8. The maximum atomic E-state index is 12.8. The molecule has 3 nitrogen and oxygen atoms in total. The summed E-state index contributed by atoms with van der Waals surface area (Å²) in [4.78, 5) is 23.3. The summed E-state index contributed by atoms with van der Waals surface area (Å²) in [6.07, 6.45) is -3.86. The Morgan fingerprint density at radius 1 is 1.26 bits per heavy atom. The van der Waals surface area contributed by atoms with E-state index < -0.39 is 23.3 Å². The van der Waals surface area contributed by atoms with Crippen LogP contribution in [-0.4, -0.2) is 17.4 Å². The quantitative estimate of drug-likeness (QED) is 0.621. The van der Waals surface area contributed by atoms with Crippen LogP contribution in [0.5, 0.6) is 0 Å². The lowest BCUT2D eigenvalue weighted by Gasteiger charge is -2.39. The number of carbonyl (C=O) groups is 2. The highest BCUT2D eigenvalue weighted by molar-refractivity contribution is 5.98. The molecule has 1 saturated heterocycles. The number of esters is 1. The van der Waals surface area contributed by atoms with E-state index in [-0.39, 0.29) is 24.5 Å². The van der Waals surface area contributed by atoms with Crippen LogP contribution in [0, 0.1) is 5.92 Å². The Morgan fingerprint density at radius 2 is 1.96 bits per heavy atom. The number of halogens is 3. The fourth-order valence-corrected chi connectivity index (χ4v) is 2.87. The highest BCUT2D eigenvalue weighted by atomic mass is 19.4. The van der Waals surface area contributed by atoms with Gasteiger partial charge >= 0.3 is 12.1 Å². The van der Waals surface area contributed by atoms with E-state index in [2.05, 4.69) is 0 Å². The lowest BCUT2D eigenvalue weighted by Crippen LogP contribution is -2.47. The average molecular weight is 328 g/mol. The zero-order valence-electron chi connectivity index (χ0n) is 13.1. The molecule has 1 unspecified atom stereocenters. The van der Waals surface area contributed by atoms with Crippen LogP contribution in [0.3, 0.4) is 0 Å². The minimum Gasteiger partial charge on any atom is -0.458 e. The molecule has 0 saturated carbocycles. The van der Waals surface area contributed by atoms with Gasteiger partial charge in [-0.1, -0.05) is 32.0 Å². The molecule has 0 amide bonds. The summed E-state index contributed by atoms with van der Waals surface area (Å²) in [7, 11) is 0. The number of aryl methyl sites for hydroxylation is 1. The summed E-state index contributed by atoms with van der Waals surface area (Å²) >= 11 is 0. The van der Waals surface area contributed by atoms with Gasteiger partial charge in [-0.25, -0.2) is 0 Å². The Hall–Kier alpha value is -1.85. The second-order valence-electron chi connectivity index (χ2n) is 6.28. The number of hydrogen-bond acceptors (Lipinski definition) is 3. The molecule has 23 heavy (non-hydrogen) atoms. The van der Waals surface area contributed by atoms with E-state index in [1.54, 1.807) is 6.07 Å². The summed E-state index contributed by atoms with van der Waals surface area (Å²) in [6.45, 7) is 3.69. The lowest BCUT2D eigenvalue weighted by atomic mass is 9.78.